The van der Waals surface area contributed by atoms with E-state index in [1.165, 1.54) is 12.1 Å². The summed E-state index contributed by atoms with van der Waals surface area (Å²) in [4.78, 5) is 25.8. The van der Waals surface area contributed by atoms with E-state index in [9.17, 15) is 14.0 Å². The van der Waals surface area contributed by atoms with Gasteiger partial charge in [-0.1, -0.05) is 24.3 Å². The Morgan fingerprint density at radius 3 is 2.56 bits per heavy atom. The minimum Gasteiger partial charge on any atom is -0.494 e. The van der Waals surface area contributed by atoms with Crippen LogP contribution in [0.3, 0.4) is 0 Å². The Bertz CT molecular complexity index is 936. The molecule has 0 unspecified atom stereocenters. The van der Waals surface area contributed by atoms with E-state index in [4.69, 9.17) is 14.2 Å². The van der Waals surface area contributed by atoms with Gasteiger partial charge in [-0.15, -0.1) is 0 Å². The number of nitrogens with one attached hydrogen (secondary N) is 1. The first-order chi connectivity index (χ1) is 15.3. The number of rotatable bonds is 10. The third-order valence-electron chi connectivity index (χ3n) is 5.42. The van der Waals surface area contributed by atoms with Crippen LogP contribution in [0.15, 0.2) is 48.5 Å². The van der Waals surface area contributed by atoms with Gasteiger partial charge in [-0.2, -0.15) is 0 Å². The average molecular weight is 445 g/mol. The zero-order valence-corrected chi connectivity index (χ0v) is 18.6. The van der Waals surface area contributed by atoms with Crippen molar-refractivity contribution in [2.75, 3.05) is 26.8 Å². The molecule has 1 saturated heterocycles. The number of amides is 2. The van der Waals surface area contributed by atoms with E-state index in [1.807, 2.05) is 24.3 Å². The van der Waals surface area contributed by atoms with Gasteiger partial charge in [-0.05, 0) is 43.7 Å². The van der Waals surface area contributed by atoms with E-state index in [2.05, 4.69) is 5.32 Å². The lowest BCUT2D eigenvalue weighted by Crippen LogP contribution is -2.45. The molecule has 0 spiro atoms. The van der Waals surface area contributed by atoms with Crippen LogP contribution < -0.4 is 14.8 Å². The van der Waals surface area contributed by atoms with Crippen LogP contribution in [0.1, 0.15) is 25.8 Å². The number of nitrogens with zero attached hydrogens (tertiary/aromatic N) is 1. The van der Waals surface area contributed by atoms with Gasteiger partial charge >= 0.3 is 12.0 Å². The lowest BCUT2D eigenvalue weighted by Gasteiger charge is -2.28. The Hall–Kier alpha value is -3.29. The van der Waals surface area contributed by atoms with Gasteiger partial charge in [0.05, 0.1) is 19.3 Å². The van der Waals surface area contributed by atoms with Gasteiger partial charge in [-0.25, -0.2) is 14.0 Å². The van der Waals surface area contributed by atoms with Crippen LogP contribution in [0.4, 0.5) is 9.18 Å². The van der Waals surface area contributed by atoms with E-state index < -0.39 is 17.4 Å². The van der Waals surface area contributed by atoms with Crippen molar-refractivity contribution < 1.29 is 28.2 Å². The molecule has 2 amide bonds. The third-order valence-corrected chi connectivity index (χ3v) is 5.42. The number of para-hydroxylation sites is 1. The molecule has 1 aliphatic heterocycles. The summed E-state index contributed by atoms with van der Waals surface area (Å²) in [6, 6.07) is 13.3. The lowest BCUT2D eigenvalue weighted by molar-refractivity contribution is -0.160. The standard InChI is InChI=1S/C24H29FN2O5/c1-4-30-22(28)24(2,32-21-8-6-5-7-20(21)25)15-17-9-11-19(12-10-17)31-14-13-18-16-26-23(29)27(18)3/h5-12,18H,4,13-16H2,1-3H3,(H,26,29)/t18-,24-/m0/s1. The SMILES string of the molecule is CCOC(=O)[C@](C)(Cc1ccc(OCC[C@H]2CNC(=O)N2C)cc1)Oc1ccccc1F. The van der Waals surface area contributed by atoms with Crippen molar-refractivity contribution in [3.05, 3.63) is 59.9 Å². The zero-order valence-electron chi connectivity index (χ0n) is 18.6. The number of halogens is 1. The van der Waals surface area contributed by atoms with Crippen molar-refractivity contribution >= 4 is 12.0 Å². The lowest BCUT2D eigenvalue weighted by atomic mass is 9.96. The zero-order chi connectivity index (χ0) is 23.1. The molecule has 2 atom stereocenters. The molecule has 1 N–H and O–H groups in total. The summed E-state index contributed by atoms with van der Waals surface area (Å²) in [6.07, 6.45) is 0.912. The molecule has 2 aromatic rings. The highest BCUT2D eigenvalue weighted by atomic mass is 19.1. The normalized spacial score (nSPS) is 17.4. The van der Waals surface area contributed by atoms with E-state index in [0.29, 0.717) is 25.3 Å². The Labute approximate surface area is 187 Å². The Morgan fingerprint density at radius 2 is 1.94 bits per heavy atom. The maximum absolute atomic E-state index is 14.1. The van der Waals surface area contributed by atoms with Crippen molar-refractivity contribution in [3.8, 4) is 11.5 Å². The first-order valence-corrected chi connectivity index (χ1v) is 10.7. The summed E-state index contributed by atoms with van der Waals surface area (Å²) in [5, 5.41) is 2.79. The molecule has 3 rings (SSSR count). The summed E-state index contributed by atoms with van der Waals surface area (Å²) in [6.45, 7) is 4.59. The molecule has 32 heavy (non-hydrogen) atoms. The first kappa shape index (κ1) is 23.4. The maximum Gasteiger partial charge on any atom is 0.350 e. The molecule has 0 radical (unpaired) electrons. The third kappa shape index (κ3) is 5.69. The van der Waals surface area contributed by atoms with Crippen molar-refractivity contribution in [3.63, 3.8) is 0 Å². The van der Waals surface area contributed by atoms with Gasteiger partial charge in [0.1, 0.15) is 5.75 Å². The second-order valence-corrected chi connectivity index (χ2v) is 7.89. The van der Waals surface area contributed by atoms with Gasteiger partial charge in [-0.3, -0.25) is 0 Å². The molecule has 0 saturated carbocycles. The van der Waals surface area contributed by atoms with E-state index in [1.54, 1.807) is 37.9 Å². The molecule has 172 valence electrons. The first-order valence-electron chi connectivity index (χ1n) is 10.7. The highest BCUT2D eigenvalue weighted by Gasteiger charge is 2.38. The Kier molecular flexibility index (Phi) is 7.56. The number of carbonyl (C=O) groups excluding carboxylic acids is 2. The number of carbonyl (C=O) groups is 2. The van der Waals surface area contributed by atoms with Crippen molar-refractivity contribution in [1.29, 1.82) is 0 Å². The molecule has 7 nitrogen and oxygen atoms in total. The predicted octanol–water partition coefficient (Wildman–Crippen LogP) is 3.56. The summed E-state index contributed by atoms with van der Waals surface area (Å²) in [7, 11) is 1.77. The predicted molar refractivity (Wildman–Crippen MR) is 117 cm³/mol. The van der Waals surface area contributed by atoms with Gasteiger partial charge in [0.2, 0.25) is 5.60 Å². The molecule has 1 fully saturated rings. The van der Waals surface area contributed by atoms with Gasteiger partial charge in [0, 0.05) is 26.4 Å². The molecule has 1 aliphatic rings. The minimum atomic E-state index is -1.40. The topological polar surface area (TPSA) is 77.1 Å². The largest absolute Gasteiger partial charge is 0.494 e. The monoisotopic (exact) mass is 444 g/mol. The summed E-state index contributed by atoms with van der Waals surface area (Å²) < 4.78 is 30.9. The van der Waals surface area contributed by atoms with Gasteiger partial charge < -0.3 is 24.4 Å². The van der Waals surface area contributed by atoms with Crippen LogP contribution in [0.2, 0.25) is 0 Å². The molecular weight excluding hydrogens is 415 g/mol. The average Bonchev–Trinajstić information content (AvgIpc) is 3.09. The fraction of sp³-hybridized carbons (Fsp3) is 0.417. The molecule has 0 aromatic heterocycles. The summed E-state index contributed by atoms with van der Waals surface area (Å²) in [5.41, 5.74) is -0.581. The molecule has 0 bridgehead atoms. The maximum atomic E-state index is 14.1. The number of ether oxygens (including phenoxy) is 3. The Morgan fingerprint density at radius 1 is 1.22 bits per heavy atom. The van der Waals surface area contributed by atoms with Crippen molar-refractivity contribution in [2.24, 2.45) is 0 Å². The Balaban J connectivity index is 1.63. The van der Waals surface area contributed by atoms with Crippen LogP contribution in [-0.4, -0.2) is 55.3 Å². The number of hydrogen-bond donors (Lipinski definition) is 1. The van der Waals surface area contributed by atoms with Crippen molar-refractivity contribution in [2.45, 2.75) is 38.3 Å². The minimum absolute atomic E-state index is 0.00661. The molecule has 2 aromatic carbocycles. The van der Waals surface area contributed by atoms with E-state index in [-0.39, 0.29) is 30.9 Å². The number of urea groups is 1. The van der Waals surface area contributed by atoms with Crippen LogP contribution in [-0.2, 0) is 16.0 Å². The van der Waals surface area contributed by atoms with Crippen LogP contribution >= 0.6 is 0 Å². The summed E-state index contributed by atoms with van der Waals surface area (Å²) in [5.74, 6) is -0.432. The fourth-order valence-corrected chi connectivity index (χ4v) is 3.54. The quantitative estimate of drug-likeness (QED) is 0.567. The number of hydrogen-bond acceptors (Lipinski definition) is 5. The molecular formula is C24H29FN2O5. The van der Waals surface area contributed by atoms with Crippen LogP contribution in [0, 0.1) is 5.82 Å². The molecule has 1 heterocycles. The van der Waals surface area contributed by atoms with Crippen molar-refractivity contribution in [1.82, 2.24) is 10.2 Å². The van der Waals surface area contributed by atoms with Gasteiger partial charge in [0.25, 0.3) is 0 Å². The van der Waals surface area contributed by atoms with Gasteiger partial charge in [0.15, 0.2) is 11.6 Å². The number of likely N-dealkylation sites (N-methyl/N-ethyl adjacent to an activating group) is 1. The summed E-state index contributed by atoms with van der Waals surface area (Å²) >= 11 is 0. The molecule has 8 heteroatoms. The second-order valence-electron chi connectivity index (χ2n) is 7.89. The fourth-order valence-electron chi connectivity index (χ4n) is 3.54. The highest BCUT2D eigenvalue weighted by Crippen LogP contribution is 2.27. The van der Waals surface area contributed by atoms with Crippen LogP contribution in [0.5, 0.6) is 11.5 Å². The number of benzene rings is 2. The molecule has 0 aliphatic carbocycles. The second kappa shape index (κ2) is 10.3. The van der Waals surface area contributed by atoms with Crippen LogP contribution in [0.25, 0.3) is 0 Å². The van der Waals surface area contributed by atoms with E-state index >= 15 is 0 Å². The smallest absolute Gasteiger partial charge is 0.350 e. The van der Waals surface area contributed by atoms with E-state index in [0.717, 1.165) is 5.56 Å². The number of esters is 1. The highest BCUT2D eigenvalue weighted by molar-refractivity contribution is 5.80.